The molecule has 1 unspecified atom stereocenters. The van der Waals surface area contributed by atoms with Crippen LogP contribution in [-0.4, -0.2) is 38.7 Å². The first-order chi connectivity index (χ1) is 20.7. The second kappa shape index (κ2) is 15.3. The van der Waals surface area contributed by atoms with E-state index < -0.39 is 6.10 Å². The van der Waals surface area contributed by atoms with E-state index in [1.54, 1.807) is 39.4 Å². The molecule has 0 saturated heterocycles. The van der Waals surface area contributed by atoms with Crippen LogP contribution in [0, 0.1) is 0 Å². The van der Waals surface area contributed by atoms with E-state index in [2.05, 4.69) is 90.1 Å². The van der Waals surface area contributed by atoms with Crippen LogP contribution >= 0.6 is 22.7 Å². The summed E-state index contributed by atoms with van der Waals surface area (Å²) >= 11 is 3.10. The summed E-state index contributed by atoms with van der Waals surface area (Å²) in [7, 11) is 3.16. The molecule has 4 rings (SSSR count). The number of hydrogen-bond acceptors (Lipinski definition) is 8. The maximum Gasteiger partial charge on any atom is 0.188 e. The van der Waals surface area contributed by atoms with Crippen LogP contribution in [0.3, 0.4) is 0 Å². The highest BCUT2D eigenvalue weighted by Gasteiger charge is 2.21. The zero-order chi connectivity index (χ0) is 32.7. The van der Waals surface area contributed by atoms with E-state index >= 15 is 0 Å². The molecule has 44 heavy (non-hydrogen) atoms. The quantitative estimate of drug-likeness (QED) is 0.138. The van der Waals surface area contributed by atoms with Gasteiger partial charge in [0.2, 0.25) is 0 Å². The van der Waals surface area contributed by atoms with Gasteiger partial charge in [-0.15, -0.1) is 22.7 Å². The Kier molecular flexibility index (Phi) is 12.4. The van der Waals surface area contributed by atoms with E-state index in [0.29, 0.717) is 17.1 Å². The van der Waals surface area contributed by atoms with Gasteiger partial charge in [-0.05, 0) is 46.9 Å². The maximum atomic E-state index is 11.7. The highest BCUT2D eigenvalue weighted by molar-refractivity contribution is 7.14. The third-order valence-electron chi connectivity index (χ3n) is 7.02. The second-order valence-corrected chi connectivity index (χ2v) is 14.4. The summed E-state index contributed by atoms with van der Waals surface area (Å²) in [5.74, 6) is 1.33. The number of carbonyl (C=O) groups excluding carboxylic acids is 1. The second-order valence-electron chi connectivity index (χ2n) is 12.6. The van der Waals surface area contributed by atoms with Crippen LogP contribution in [0.1, 0.15) is 88.5 Å². The molecule has 0 spiro atoms. The van der Waals surface area contributed by atoms with Crippen LogP contribution in [-0.2, 0) is 20.3 Å². The molecule has 2 aromatic heterocycles. The van der Waals surface area contributed by atoms with Crippen molar-refractivity contribution in [2.24, 2.45) is 0 Å². The fourth-order valence-corrected chi connectivity index (χ4v) is 6.57. The van der Waals surface area contributed by atoms with Crippen molar-refractivity contribution in [3.63, 3.8) is 0 Å². The third-order valence-corrected chi connectivity index (χ3v) is 9.05. The molecule has 4 aromatic rings. The Hall–Kier alpha value is -3.01. The Labute approximate surface area is 270 Å². The van der Waals surface area contributed by atoms with E-state index in [9.17, 15) is 9.90 Å². The molecule has 1 N–H and O–H groups in total. The largest absolute Gasteiger partial charge is 0.466 e. The molecule has 0 aliphatic rings. The summed E-state index contributed by atoms with van der Waals surface area (Å²) in [5.41, 5.74) is 6.38. The molecule has 0 fully saturated rings. The zero-order valence-electron chi connectivity index (χ0n) is 27.6. The molecule has 0 aliphatic heterocycles. The summed E-state index contributed by atoms with van der Waals surface area (Å²) in [6.07, 6.45) is -0.564. The first-order valence-electron chi connectivity index (χ1n) is 14.6. The number of benzene rings is 2. The third kappa shape index (κ3) is 9.02. The van der Waals surface area contributed by atoms with Crippen LogP contribution in [0.2, 0.25) is 0 Å². The van der Waals surface area contributed by atoms with E-state index in [1.165, 1.54) is 22.5 Å². The van der Waals surface area contributed by atoms with E-state index in [0.717, 1.165) is 26.4 Å². The molecular weight excluding hydrogens is 593 g/mol. The van der Waals surface area contributed by atoms with E-state index in [1.807, 2.05) is 10.8 Å². The molecule has 8 heteroatoms. The fraction of sp³-hybridized carbons (Fsp3) is 0.417. The van der Waals surface area contributed by atoms with Gasteiger partial charge in [0.25, 0.3) is 0 Å². The van der Waals surface area contributed by atoms with Crippen molar-refractivity contribution in [2.45, 2.75) is 72.3 Å². The lowest BCUT2D eigenvalue weighted by atomic mass is 9.86. The summed E-state index contributed by atoms with van der Waals surface area (Å²) < 4.78 is 21.3. The molecule has 2 aromatic carbocycles. The van der Waals surface area contributed by atoms with E-state index in [-0.39, 0.29) is 30.2 Å². The van der Waals surface area contributed by atoms with Gasteiger partial charge < -0.3 is 24.1 Å². The normalized spacial score (nSPS) is 12.3. The van der Waals surface area contributed by atoms with Gasteiger partial charge in [-0.1, -0.05) is 90.1 Å². The van der Waals surface area contributed by atoms with Crippen LogP contribution in [0.5, 0.6) is 11.5 Å². The Morgan fingerprint density at radius 1 is 0.727 bits per heavy atom. The number of rotatable bonds is 10. The molecule has 1 atom stereocenters. The molecule has 6 nitrogen and oxygen atoms in total. The number of ketones is 1. The lowest BCUT2D eigenvalue weighted by Crippen LogP contribution is -2.10. The van der Waals surface area contributed by atoms with Crippen molar-refractivity contribution in [1.82, 2.24) is 0 Å². The topological polar surface area (TPSA) is 74.2 Å². The van der Waals surface area contributed by atoms with Crippen LogP contribution < -0.4 is 9.47 Å². The van der Waals surface area contributed by atoms with Crippen molar-refractivity contribution in [3.8, 4) is 32.4 Å². The first kappa shape index (κ1) is 35.5. The van der Waals surface area contributed by atoms with E-state index in [4.69, 9.17) is 18.9 Å². The number of methoxy groups -OCH3 is 2. The van der Waals surface area contributed by atoms with Crippen molar-refractivity contribution in [3.05, 3.63) is 81.5 Å². The Bertz CT molecular complexity index is 1480. The van der Waals surface area contributed by atoms with Gasteiger partial charge in [-0.25, -0.2) is 0 Å². The molecule has 2 heterocycles. The minimum atomic E-state index is -0.564. The number of hydrogen-bond donors (Lipinski definition) is 1. The van der Waals surface area contributed by atoms with Gasteiger partial charge in [-0.2, -0.15) is 0 Å². The Morgan fingerprint density at radius 3 is 1.52 bits per heavy atom. The molecule has 0 bridgehead atoms. The minimum Gasteiger partial charge on any atom is -0.466 e. The highest BCUT2D eigenvalue weighted by Crippen LogP contribution is 2.43. The molecule has 0 amide bonds. The van der Waals surface area contributed by atoms with Crippen molar-refractivity contribution in [1.29, 1.82) is 0 Å². The predicted octanol–water partition coefficient (Wildman–Crippen LogP) is 9.65. The predicted molar refractivity (Wildman–Crippen MR) is 183 cm³/mol. The number of Topliss-reactive ketones (excluding diaryl/α,β-unsaturated/α-hetero) is 1. The number of carbonyl (C=O) groups is 1. The van der Waals surface area contributed by atoms with Gasteiger partial charge in [0.1, 0.15) is 5.75 Å². The summed E-state index contributed by atoms with van der Waals surface area (Å²) in [6, 6.07) is 16.9. The molecule has 0 radical (unpaired) electrons. The fourth-order valence-electron chi connectivity index (χ4n) is 4.41. The molecule has 238 valence electrons. The Morgan fingerprint density at radius 2 is 1.14 bits per heavy atom. The highest BCUT2D eigenvalue weighted by atomic mass is 32.1. The number of ether oxygens (including phenoxy) is 4. The minimum absolute atomic E-state index is 0.0000789. The SMILES string of the molecule is COCOc1c(C(C)=O)csc1-c1ccc(C(C)(C)C)cc1.COCOc1c(C(C)O)csc1-c1ccc(C(C)(C)C)cc1. The van der Waals surface area contributed by atoms with Gasteiger partial charge in [0, 0.05) is 30.5 Å². The standard InChI is InChI=1S/C18H24O3S.C18H22O3S/c2*1-12(19)15-10-22-17(16(15)21-11-20-5)13-6-8-14(9-7-13)18(2,3)4/h6-10,12,19H,11H2,1-5H3;6-10H,11H2,1-5H3. The zero-order valence-corrected chi connectivity index (χ0v) is 29.2. The van der Waals surface area contributed by atoms with Crippen molar-refractivity contribution < 1.29 is 28.8 Å². The van der Waals surface area contributed by atoms with Crippen LogP contribution in [0.4, 0.5) is 0 Å². The molecule has 0 aliphatic carbocycles. The molecular formula is C36H46O6S2. The van der Waals surface area contributed by atoms with Gasteiger partial charge in [-0.3, -0.25) is 4.79 Å². The molecule has 0 saturated carbocycles. The number of aliphatic hydroxyl groups excluding tert-OH is 1. The summed E-state index contributed by atoms with van der Waals surface area (Å²) in [6.45, 7) is 16.8. The average molecular weight is 639 g/mol. The maximum absolute atomic E-state index is 11.7. The van der Waals surface area contributed by atoms with Crippen molar-refractivity contribution in [2.75, 3.05) is 27.8 Å². The van der Waals surface area contributed by atoms with Crippen LogP contribution in [0.25, 0.3) is 20.9 Å². The monoisotopic (exact) mass is 638 g/mol. The van der Waals surface area contributed by atoms with Gasteiger partial charge >= 0.3 is 0 Å². The summed E-state index contributed by atoms with van der Waals surface area (Å²) in [4.78, 5) is 13.7. The van der Waals surface area contributed by atoms with Crippen LogP contribution in [0.15, 0.2) is 59.3 Å². The lowest BCUT2D eigenvalue weighted by molar-refractivity contribution is 0.0492. The first-order valence-corrected chi connectivity index (χ1v) is 16.3. The number of aliphatic hydroxyl groups is 1. The van der Waals surface area contributed by atoms with Gasteiger partial charge in [0.15, 0.2) is 25.1 Å². The lowest BCUT2D eigenvalue weighted by Gasteiger charge is -2.19. The van der Waals surface area contributed by atoms with Gasteiger partial charge in [0.05, 0.1) is 21.4 Å². The Balaban J connectivity index is 0.000000240. The smallest absolute Gasteiger partial charge is 0.188 e. The summed E-state index contributed by atoms with van der Waals surface area (Å²) in [5, 5.41) is 13.7. The number of thiophene rings is 2. The average Bonchev–Trinajstić information content (AvgIpc) is 3.59. The van der Waals surface area contributed by atoms with Crippen molar-refractivity contribution >= 4 is 28.5 Å².